The quantitative estimate of drug-likeness (QED) is 0.742. The van der Waals surface area contributed by atoms with Crippen molar-refractivity contribution >= 4 is 0 Å². The van der Waals surface area contributed by atoms with E-state index >= 15 is 0 Å². The lowest BCUT2D eigenvalue weighted by Crippen LogP contribution is -2.03. The molecule has 0 aliphatic rings. The van der Waals surface area contributed by atoms with Crippen molar-refractivity contribution in [3.63, 3.8) is 0 Å². The first-order valence-corrected chi connectivity index (χ1v) is 4.25. The summed E-state index contributed by atoms with van der Waals surface area (Å²) in [5, 5.41) is 8.56. The highest BCUT2D eigenvalue weighted by Gasteiger charge is 2.04. The van der Waals surface area contributed by atoms with Crippen LogP contribution >= 0.6 is 0 Å². The predicted octanol–water partition coefficient (Wildman–Crippen LogP) is 2.62. The molecule has 0 aliphatic carbocycles. The van der Waals surface area contributed by atoms with E-state index in [0.717, 1.165) is 6.07 Å². The lowest BCUT2D eigenvalue weighted by atomic mass is 10.1. The summed E-state index contributed by atoms with van der Waals surface area (Å²) >= 11 is 0. The van der Waals surface area contributed by atoms with E-state index in [1.807, 2.05) is 0 Å². The minimum Gasteiger partial charge on any atom is -0.374 e. The molecule has 3 heteroatoms. The number of rotatable bonds is 3. The minimum absolute atomic E-state index is 0.154. The Morgan fingerprint density at radius 3 is 2.86 bits per heavy atom. The largest absolute Gasteiger partial charge is 0.374 e. The molecule has 0 spiro atoms. The van der Waals surface area contributed by atoms with Crippen LogP contribution in [0.5, 0.6) is 0 Å². The Balaban J connectivity index is 3.09. The summed E-state index contributed by atoms with van der Waals surface area (Å²) in [4.78, 5) is 0. The number of nitriles is 1. The molecule has 1 aromatic rings. The van der Waals surface area contributed by atoms with Gasteiger partial charge < -0.3 is 4.74 Å². The van der Waals surface area contributed by atoms with Crippen LogP contribution in [0.1, 0.15) is 27.7 Å². The van der Waals surface area contributed by atoms with Gasteiger partial charge in [0, 0.05) is 5.56 Å². The molecular formula is C11H12FNO. The number of benzene rings is 1. The molecule has 0 N–H and O–H groups in total. The summed E-state index contributed by atoms with van der Waals surface area (Å²) < 4.78 is 33.7. The van der Waals surface area contributed by atoms with E-state index in [1.165, 1.54) is 12.1 Å². The van der Waals surface area contributed by atoms with Gasteiger partial charge in [0.2, 0.25) is 0 Å². The normalized spacial score (nSPS) is 13.4. The lowest BCUT2D eigenvalue weighted by Gasteiger charge is -2.08. The first-order chi connectivity index (χ1) is 7.36. The van der Waals surface area contributed by atoms with Crippen molar-refractivity contribution in [1.82, 2.24) is 0 Å². The molecule has 0 radical (unpaired) electrons. The molecule has 0 saturated carbocycles. The van der Waals surface area contributed by atoms with Gasteiger partial charge in [-0.05, 0) is 26.0 Å². The molecule has 0 unspecified atom stereocenters. The molecule has 0 atom stereocenters. The van der Waals surface area contributed by atoms with Gasteiger partial charge in [-0.25, -0.2) is 4.39 Å². The molecule has 0 amide bonds. The van der Waals surface area contributed by atoms with E-state index in [0.29, 0.717) is 0 Å². The number of hydrogen-bond acceptors (Lipinski definition) is 2. The molecule has 14 heavy (non-hydrogen) atoms. The zero-order chi connectivity index (χ0) is 12.3. The first-order valence-electron chi connectivity index (χ1n) is 5.25. The Kier molecular flexibility index (Phi) is 2.69. The molecule has 1 aromatic carbocycles. The zero-order valence-corrected chi connectivity index (χ0v) is 8.04. The van der Waals surface area contributed by atoms with Gasteiger partial charge in [-0.2, -0.15) is 5.26 Å². The summed E-state index contributed by atoms with van der Waals surface area (Å²) in [5.41, 5.74) is -0.0400. The summed E-state index contributed by atoms with van der Waals surface area (Å²) in [6.07, 6.45) is -0.356. The van der Waals surface area contributed by atoms with Gasteiger partial charge in [-0.15, -0.1) is 0 Å². The third-order valence-electron chi connectivity index (χ3n) is 1.50. The van der Waals surface area contributed by atoms with Crippen LogP contribution in [0.15, 0.2) is 18.2 Å². The number of ether oxygens (including phenoxy) is 1. The number of hydrogen-bond donors (Lipinski definition) is 0. The number of nitrogens with zero attached hydrogens (tertiary/aromatic N) is 1. The molecule has 2 nitrogen and oxygen atoms in total. The van der Waals surface area contributed by atoms with Crippen LogP contribution in [0, 0.1) is 17.1 Å². The van der Waals surface area contributed by atoms with Gasteiger partial charge in [-0.1, -0.05) is 6.07 Å². The summed E-state index contributed by atoms with van der Waals surface area (Å²) in [7, 11) is 0. The molecule has 0 bridgehead atoms. The summed E-state index contributed by atoms with van der Waals surface area (Å²) in [6.45, 7) is 1.14. The Morgan fingerprint density at radius 1 is 1.64 bits per heavy atom. The maximum atomic E-state index is 13.5. The average Bonchev–Trinajstić information content (AvgIpc) is 2.14. The van der Waals surface area contributed by atoms with Crippen molar-refractivity contribution in [1.29, 1.82) is 5.26 Å². The monoisotopic (exact) mass is 195 g/mol. The van der Waals surface area contributed by atoms with E-state index in [2.05, 4.69) is 0 Å². The van der Waals surface area contributed by atoms with Crippen LogP contribution < -0.4 is 0 Å². The standard InChI is InChI=1S/C11H12FNO/c1-8(2)14-7-10-4-3-9(6-13)5-11(10)12/h3-5,8H,7H2,1-2H3/i7D2. The second kappa shape index (κ2) is 4.73. The fraction of sp³-hybridized carbons (Fsp3) is 0.364. The van der Waals surface area contributed by atoms with Gasteiger partial charge >= 0.3 is 0 Å². The smallest absolute Gasteiger partial charge is 0.130 e. The van der Waals surface area contributed by atoms with Crippen molar-refractivity contribution in [3.05, 3.63) is 35.1 Å². The van der Waals surface area contributed by atoms with Crippen molar-refractivity contribution in [2.45, 2.75) is 26.5 Å². The fourth-order valence-corrected chi connectivity index (χ4v) is 0.849. The second-order valence-corrected chi connectivity index (χ2v) is 3.08. The van der Waals surface area contributed by atoms with Gasteiger partial charge in [0.1, 0.15) is 5.82 Å². The van der Waals surface area contributed by atoms with Gasteiger partial charge in [0.25, 0.3) is 0 Å². The maximum Gasteiger partial charge on any atom is 0.130 e. The van der Waals surface area contributed by atoms with Crippen LogP contribution in [0.25, 0.3) is 0 Å². The molecule has 74 valence electrons. The zero-order valence-electron chi connectivity index (χ0n) is 10.0. The van der Waals surface area contributed by atoms with Gasteiger partial charge in [-0.3, -0.25) is 0 Å². The van der Waals surface area contributed by atoms with Crippen molar-refractivity contribution in [2.75, 3.05) is 0 Å². The van der Waals surface area contributed by atoms with Crippen molar-refractivity contribution in [2.24, 2.45) is 0 Å². The van der Waals surface area contributed by atoms with E-state index in [-0.39, 0.29) is 17.2 Å². The molecule has 0 saturated heterocycles. The van der Waals surface area contributed by atoms with E-state index in [9.17, 15) is 4.39 Å². The topological polar surface area (TPSA) is 33.0 Å². The molecule has 0 aromatic heterocycles. The van der Waals surface area contributed by atoms with Crippen LogP contribution in [0.4, 0.5) is 4.39 Å². The van der Waals surface area contributed by atoms with Gasteiger partial charge in [0.05, 0.1) is 27.0 Å². The van der Waals surface area contributed by atoms with Crippen molar-refractivity contribution < 1.29 is 11.9 Å². The predicted molar refractivity (Wildman–Crippen MR) is 51.0 cm³/mol. The third-order valence-corrected chi connectivity index (χ3v) is 1.50. The highest BCUT2D eigenvalue weighted by Crippen LogP contribution is 2.11. The number of halogens is 1. The third kappa shape index (κ3) is 2.82. The summed E-state index contributed by atoms with van der Waals surface area (Å²) in [5.74, 6) is -0.773. The SMILES string of the molecule is [2H]C([2H])(OC(C)C)c1ccc(C#N)cc1F. The summed E-state index contributed by atoms with van der Waals surface area (Å²) in [6, 6.07) is 5.37. The van der Waals surface area contributed by atoms with E-state index < -0.39 is 12.4 Å². The van der Waals surface area contributed by atoms with Crippen LogP contribution in [-0.4, -0.2) is 6.10 Å². The van der Waals surface area contributed by atoms with E-state index in [1.54, 1.807) is 19.9 Å². The molecular weight excluding hydrogens is 181 g/mol. The van der Waals surface area contributed by atoms with Gasteiger partial charge in [0.15, 0.2) is 0 Å². The Hall–Kier alpha value is -1.40. The maximum absolute atomic E-state index is 13.5. The molecule has 0 fully saturated rings. The molecule has 1 rings (SSSR count). The lowest BCUT2D eigenvalue weighted by molar-refractivity contribution is 0.0639. The Bertz CT molecular complexity index is 426. The van der Waals surface area contributed by atoms with Crippen LogP contribution in [0.2, 0.25) is 0 Å². The fourth-order valence-electron chi connectivity index (χ4n) is 0.849. The van der Waals surface area contributed by atoms with Crippen molar-refractivity contribution in [3.8, 4) is 6.07 Å². The first kappa shape index (κ1) is 7.95. The molecule has 0 aliphatic heterocycles. The Morgan fingerprint density at radius 2 is 2.36 bits per heavy atom. The minimum atomic E-state index is -2.19. The second-order valence-electron chi connectivity index (χ2n) is 3.08. The Labute approximate surface area is 85.7 Å². The van der Waals surface area contributed by atoms with Crippen LogP contribution in [-0.2, 0) is 11.3 Å². The van der Waals surface area contributed by atoms with Crippen LogP contribution in [0.3, 0.4) is 0 Å². The average molecular weight is 195 g/mol. The molecule has 0 heterocycles. The highest BCUT2D eigenvalue weighted by molar-refractivity contribution is 5.32. The highest BCUT2D eigenvalue weighted by atomic mass is 19.1. The van der Waals surface area contributed by atoms with E-state index in [4.69, 9.17) is 12.7 Å².